The molecule has 1 atom stereocenters. The molecule has 0 radical (unpaired) electrons. The topological polar surface area (TPSA) is 71.3 Å². The number of anilines is 1. The number of nitrogens with zero attached hydrogens (tertiary/aromatic N) is 3. The summed E-state index contributed by atoms with van der Waals surface area (Å²) in [6.07, 6.45) is 2.32. The van der Waals surface area contributed by atoms with E-state index >= 15 is 0 Å². The van der Waals surface area contributed by atoms with Crippen LogP contribution in [0.15, 0.2) is 53.2 Å². The molecule has 1 aromatic carbocycles. The summed E-state index contributed by atoms with van der Waals surface area (Å²) in [7, 11) is 1.75. The van der Waals surface area contributed by atoms with E-state index in [2.05, 4.69) is 15.5 Å². The van der Waals surface area contributed by atoms with Gasteiger partial charge in [-0.3, -0.25) is 9.78 Å². The fraction of sp³-hybridized carbons (Fsp3) is 0.211. The van der Waals surface area contributed by atoms with Crippen LogP contribution >= 0.6 is 11.6 Å². The van der Waals surface area contributed by atoms with Crippen molar-refractivity contribution in [3.8, 4) is 11.4 Å². The number of pyridine rings is 1. The number of halogens is 1. The van der Waals surface area contributed by atoms with Crippen LogP contribution < -0.4 is 5.32 Å². The van der Waals surface area contributed by atoms with Gasteiger partial charge in [-0.1, -0.05) is 22.8 Å². The van der Waals surface area contributed by atoms with Crippen molar-refractivity contribution < 1.29 is 9.32 Å². The monoisotopic (exact) mass is 368 g/mol. The molecule has 1 N–H and O–H groups in total. The predicted octanol–water partition coefficient (Wildman–Crippen LogP) is 3.39. The molecule has 0 fully saturated rings. The second kappa shape index (κ2) is 6.80. The van der Waals surface area contributed by atoms with Crippen molar-refractivity contribution in [2.24, 2.45) is 0 Å². The van der Waals surface area contributed by atoms with Gasteiger partial charge in [0.2, 0.25) is 5.91 Å². The number of benzene rings is 1. The van der Waals surface area contributed by atoms with E-state index in [0.717, 1.165) is 16.9 Å². The lowest BCUT2D eigenvalue weighted by atomic mass is 10.1. The van der Waals surface area contributed by atoms with Crippen LogP contribution in [0.1, 0.15) is 11.3 Å². The molecule has 1 amide bonds. The Bertz CT molecular complexity index is 942. The molecule has 0 aliphatic carbocycles. The Hall–Kier alpha value is -2.86. The Morgan fingerprint density at radius 3 is 3.00 bits per heavy atom. The molecule has 0 spiro atoms. The first-order valence-electron chi connectivity index (χ1n) is 8.27. The molecule has 2 aromatic heterocycles. The van der Waals surface area contributed by atoms with Crippen molar-refractivity contribution in [2.45, 2.75) is 19.0 Å². The van der Waals surface area contributed by atoms with Gasteiger partial charge in [0.25, 0.3) is 0 Å². The number of hydrogen-bond donors (Lipinski definition) is 1. The highest BCUT2D eigenvalue weighted by molar-refractivity contribution is 6.30. The molecule has 0 bridgehead atoms. The van der Waals surface area contributed by atoms with E-state index in [1.165, 1.54) is 0 Å². The van der Waals surface area contributed by atoms with Crippen LogP contribution in [0.5, 0.6) is 0 Å². The predicted molar refractivity (Wildman–Crippen MR) is 98.8 cm³/mol. The lowest BCUT2D eigenvalue weighted by Crippen LogP contribution is -2.39. The summed E-state index contributed by atoms with van der Waals surface area (Å²) >= 11 is 6.03. The molecule has 26 heavy (non-hydrogen) atoms. The zero-order valence-corrected chi connectivity index (χ0v) is 14.9. The normalized spacial score (nSPS) is 15.4. The van der Waals surface area contributed by atoms with E-state index in [1.54, 1.807) is 18.1 Å². The van der Waals surface area contributed by atoms with Crippen LogP contribution in [0.4, 0.5) is 5.69 Å². The van der Waals surface area contributed by atoms with Crippen LogP contribution in [-0.4, -0.2) is 34.0 Å². The molecule has 0 saturated carbocycles. The molecule has 3 aromatic rings. The van der Waals surface area contributed by atoms with Gasteiger partial charge in [0.15, 0.2) is 5.76 Å². The Morgan fingerprint density at radius 1 is 1.31 bits per heavy atom. The van der Waals surface area contributed by atoms with Crippen molar-refractivity contribution in [1.29, 1.82) is 0 Å². The van der Waals surface area contributed by atoms with Crippen LogP contribution in [-0.2, 0) is 17.8 Å². The second-order valence-corrected chi connectivity index (χ2v) is 6.73. The van der Waals surface area contributed by atoms with E-state index < -0.39 is 0 Å². The number of likely N-dealkylation sites (N-methyl/N-ethyl adjacent to an activating group) is 1. The van der Waals surface area contributed by atoms with Gasteiger partial charge in [-0.05, 0) is 35.9 Å². The van der Waals surface area contributed by atoms with Crippen molar-refractivity contribution >= 4 is 23.2 Å². The Labute approximate surface area is 155 Å². The van der Waals surface area contributed by atoms with Crippen LogP contribution in [0.2, 0.25) is 5.02 Å². The summed E-state index contributed by atoms with van der Waals surface area (Å²) in [6.45, 7) is 0.341. The smallest absolute Gasteiger partial charge is 0.245 e. The van der Waals surface area contributed by atoms with Gasteiger partial charge >= 0.3 is 0 Å². The quantitative estimate of drug-likeness (QED) is 0.764. The molecule has 3 heterocycles. The summed E-state index contributed by atoms with van der Waals surface area (Å²) in [6, 6.07) is 12.7. The Kier molecular flexibility index (Phi) is 4.34. The standard InChI is InChI=1S/C19H17ClN4O2/c1-24(11-14-10-17(23-26-14)16-4-2-3-7-21-16)19(25)18-9-12-8-13(20)5-6-15(12)22-18/h2-8,10,18,22H,9,11H2,1H3/t18-/m1/s1. The largest absolute Gasteiger partial charge is 0.373 e. The van der Waals surface area contributed by atoms with Gasteiger partial charge < -0.3 is 14.7 Å². The zero-order valence-electron chi connectivity index (χ0n) is 14.1. The molecule has 0 unspecified atom stereocenters. The summed E-state index contributed by atoms with van der Waals surface area (Å²) in [5.41, 5.74) is 3.41. The molecule has 1 aliphatic heterocycles. The van der Waals surface area contributed by atoms with Crippen molar-refractivity contribution in [3.63, 3.8) is 0 Å². The Morgan fingerprint density at radius 2 is 2.19 bits per heavy atom. The maximum atomic E-state index is 12.7. The number of hydrogen-bond acceptors (Lipinski definition) is 5. The fourth-order valence-corrected chi connectivity index (χ4v) is 3.27. The van der Waals surface area contributed by atoms with E-state index in [1.807, 2.05) is 42.5 Å². The summed E-state index contributed by atoms with van der Waals surface area (Å²) in [4.78, 5) is 18.6. The third-order valence-electron chi connectivity index (χ3n) is 4.37. The number of amides is 1. The lowest BCUT2D eigenvalue weighted by molar-refractivity contribution is -0.131. The van der Waals surface area contributed by atoms with E-state index in [0.29, 0.717) is 29.4 Å². The molecular weight excluding hydrogens is 352 g/mol. The third kappa shape index (κ3) is 3.28. The van der Waals surface area contributed by atoms with Crippen LogP contribution in [0.25, 0.3) is 11.4 Å². The first-order valence-corrected chi connectivity index (χ1v) is 8.65. The highest BCUT2D eigenvalue weighted by Crippen LogP contribution is 2.29. The molecular formula is C19H17ClN4O2. The molecule has 7 heteroatoms. The lowest BCUT2D eigenvalue weighted by Gasteiger charge is -2.20. The van der Waals surface area contributed by atoms with E-state index in [-0.39, 0.29) is 11.9 Å². The summed E-state index contributed by atoms with van der Waals surface area (Å²) in [5, 5.41) is 7.96. The van der Waals surface area contributed by atoms with Gasteiger partial charge in [-0.25, -0.2) is 0 Å². The van der Waals surface area contributed by atoms with Crippen molar-refractivity contribution in [2.75, 3.05) is 12.4 Å². The number of fused-ring (bicyclic) bond motifs is 1. The average Bonchev–Trinajstić information content (AvgIpc) is 3.28. The molecule has 0 saturated heterocycles. The highest BCUT2D eigenvalue weighted by Gasteiger charge is 2.29. The maximum Gasteiger partial charge on any atom is 0.245 e. The minimum Gasteiger partial charge on any atom is -0.373 e. The molecule has 132 valence electrons. The first kappa shape index (κ1) is 16.6. The number of aromatic nitrogens is 2. The number of nitrogens with one attached hydrogen (secondary N) is 1. The fourth-order valence-electron chi connectivity index (χ4n) is 3.08. The van der Waals surface area contributed by atoms with Crippen LogP contribution in [0.3, 0.4) is 0 Å². The molecule has 6 nitrogen and oxygen atoms in total. The van der Waals surface area contributed by atoms with Gasteiger partial charge in [0.05, 0.1) is 12.2 Å². The first-order chi connectivity index (χ1) is 12.6. The van der Waals surface area contributed by atoms with Gasteiger partial charge in [-0.2, -0.15) is 0 Å². The number of carbonyl (C=O) groups excluding carboxylic acids is 1. The van der Waals surface area contributed by atoms with Crippen LogP contribution in [0, 0.1) is 0 Å². The minimum absolute atomic E-state index is 0.00638. The summed E-state index contributed by atoms with van der Waals surface area (Å²) in [5.74, 6) is 0.605. The van der Waals surface area contributed by atoms with Crippen molar-refractivity contribution in [3.05, 3.63) is 65.0 Å². The van der Waals surface area contributed by atoms with E-state index in [4.69, 9.17) is 16.1 Å². The number of rotatable bonds is 4. The average molecular weight is 369 g/mol. The second-order valence-electron chi connectivity index (χ2n) is 6.29. The van der Waals surface area contributed by atoms with E-state index in [9.17, 15) is 4.79 Å². The summed E-state index contributed by atoms with van der Waals surface area (Å²) < 4.78 is 5.36. The minimum atomic E-state index is -0.299. The van der Waals surface area contributed by atoms with Crippen molar-refractivity contribution in [1.82, 2.24) is 15.0 Å². The highest BCUT2D eigenvalue weighted by atomic mass is 35.5. The molecule has 1 aliphatic rings. The zero-order chi connectivity index (χ0) is 18.1. The number of carbonyl (C=O) groups is 1. The van der Waals surface area contributed by atoms with Gasteiger partial charge in [0.1, 0.15) is 11.7 Å². The van der Waals surface area contributed by atoms with Gasteiger partial charge in [-0.15, -0.1) is 0 Å². The molecule has 4 rings (SSSR count). The SMILES string of the molecule is CN(Cc1cc(-c2ccccn2)no1)C(=O)[C@H]1Cc2cc(Cl)ccc2N1. The Balaban J connectivity index is 1.42. The van der Waals surface area contributed by atoms with Gasteiger partial charge in [0, 0.05) is 36.4 Å². The maximum absolute atomic E-state index is 12.7. The third-order valence-corrected chi connectivity index (χ3v) is 4.61.